The van der Waals surface area contributed by atoms with E-state index in [9.17, 15) is 4.39 Å². The zero-order valence-electron chi connectivity index (χ0n) is 11.0. The first-order valence-corrected chi connectivity index (χ1v) is 6.97. The molecule has 0 radical (unpaired) electrons. The number of allylic oxidation sites excluding steroid dienone is 2. The number of fused-ring (bicyclic) bond motifs is 3. The number of hydrogen-bond acceptors (Lipinski definition) is 2. The van der Waals surface area contributed by atoms with Crippen LogP contribution in [0.1, 0.15) is 29.6 Å². The Bertz CT molecular complexity index is 666. The summed E-state index contributed by atoms with van der Waals surface area (Å²) in [7, 11) is 0. The smallest absolute Gasteiger partial charge is 0.146 e. The fraction of sp³-hybridized carbons (Fsp3) is 0.235. The van der Waals surface area contributed by atoms with Gasteiger partial charge in [-0.1, -0.05) is 30.4 Å². The SMILES string of the molecule is Fc1cccc2c1N[C@H](c1ccccn1)[C@@H]1CC=C[C@H]21. The molecule has 0 amide bonds. The highest BCUT2D eigenvalue weighted by Crippen LogP contribution is 2.49. The van der Waals surface area contributed by atoms with Gasteiger partial charge in [0.15, 0.2) is 0 Å². The van der Waals surface area contributed by atoms with Gasteiger partial charge >= 0.3 is 0 Å². The van der Waals surface area contributed by atoms with Crippen molar-refractivity contribution in [3.8, 4) is 0 Å². The fourth-order valence-corrected chi connectivity index (χ4v) is 3.44. The molecule has 0 saturated carbocycles. The molecule has 0 fully saturated rings. The van der Waals surface area contributed by atoms with E-state index in [-0.39, 0.29) is 17.8 Å². The number of para-hydroxylation sites is 1. The van der Waals surface area contributed by atoms with Crippen LogP contribution in [0.5, 0.6) is 0 Å². The van der Waals surface area contributed by atoms with Crippen LogP contribution in [0.25, 0.3) is 0 Å². The summed E-state index contributed by atoms with van der Waals surface area (Å²) in [5.74, 6) is 0.523. The molecule has 1 aliphatic heterocycles. The zero-order chi connectivity index (χ0) is 13.5. The van der Waals surface area contributed by atoms with E-state index in [1.807, 2.05) is 24.3 Å². The quantitative estimate of drug-likeness (QED) is 0.788. The molecule has 1 aromatic carbocycles. The number of hydrogen-bond donors (Lipinski definition) is 1. The van der Waals surface area contributed by atoms with Gasteiger partial charge in [-0.2, -0.15) is 0 Å². The number of nitrogens with zero attached hydrogens (tertiary/aromatic N) is 1. The number of pyridine rings is 1. The van der Waals surface area contributed by atoms with Crippen LogP contribution in [0.3, 0.4) is 0 Å². The molecule has 0 unspecified atom stereocenters. The molecule has 100 valence electrons. The molecule has 0 spiro atoms. The van der Waals surface area contributed by atoms with E-state index >= 15 is 0 Å². The van der Waals surface area contributed by atoms with Crippen LogP contribution in [0, 0.1) is 11.7 Å². The van der Waals surface area contributed by atoms with Crippen molar-refractivity contribution < 1.29 is 4.39 Å². The van der Waals surface area contributed by atoms with Crippen LogP contribution in [0.15, 0.2) is 54.7 Å². The Hall–Kier alpha value is -2.16. The van der Waals surface area contributed by atoms with Crippen LogP contribution in [0.2, 0.25) is 0 Å². The highest BCUT2D eigenvalue weighted by molar-refractivity contribution is 5.60. The Kier molecular flexibility index (Phi) is 2.59. The van der Waals surface area contributed by atoms with Gasteiger partial charge in [0.25, 0.3) is 0 Å². The van der Waals surface area contributed by atoms with Gasteiger partial charge in [-0.15, -0.1) is 0 Å². The third kappa shape index (κ3) is 1.66. The summed E-state index contributed by atoms with van der Waals surface area (Å²) in [6.45, 7) is 0. The van der Waals surface area contributed by atoms with Gasteiger partial charge < -0.3 is 5.32 Å². The van der Waals surface area contributed by atoms with Crippen LogP contribution in [-0.2, 0) is 0 Å². The molecule has 2 aromatic rings. The molecule has 1 aliphatic carbocycles. The monoisotopic (exact) mass is 266 g/mol. The Morgan fingerprint density at radius 2 is 2.10 bits per heavy atom. The minimum atomic E-state index is -0.179. The number of rotatable bonds is 1. The summed E-state index contributed by atoms with van der Waals surface area (Å²) >= 11 is 0. The second-order valence-electron chi connectivity index (χ2n) is 5.43. The van der Waals surface area contributed by atoms with Crippen molar-refractivity contribution in [2.24, 2.45) is 5.92 Å². The number of anilines is 1. The molecular weight excluding hydrogens is 251 g/mol. The number of benzene rings is 1. The lowest BCUT2D eigenvalue weighted by Crippen LogP contribution is -2.30. The Labute approximate surface area is 117 Å². The van der Waals surface area contributed by atoms with Crippen molar-refractivity contribution in [2.75, 3.05) is 5.32 Å². The molecule has 1 N–H and O–H groups in total. The number of halogens is 1. The van der Waals surface area contributed by atoms with Gasteiger partial charge in [0, 0.05) is 12.1 Å². The molecule has 2 nitrogen and oxygen atoms in total. The van der Waals surface area contributed by atoms with E-state index in [1.54, 1.807) is 12.3 Å². The Balaban J connectivity index is 1.83. The fourth-order valence-electron chi connectivity index (χ4n) is 3.44. The maximum atomic E-state index is 14.1. The van der Waals surface area contributed by atoms with E-state index in [4.69, 9.17) is 0 Å². The van der Waals surface area contributed by atoms with Crippen LogP contribution >= 0.6 is 0 Å². The lowest BCUT2D eigenvalue weighted by molar-refractivity contribution is 0.414. The maximum Gasteiger partial charge on any atom is 0.146 e. The van der Waals surface area contributed by atoms with Gasteiger partial charge in [0.1, 0.15) is 5.82 Å². The summed E-state index contributed by atoms with van der Waals surface area (Å²) in [6.07, 6.45) is 7.22. The van der Waals surface area contributed by atoms with E-state index in [2.05, 4.69) is 22.5 Å². The molecule has 3 heteroatoms. The van der Waals surface area contributed by atoms with Gasteiger partial charge in [0.05, 0.1) is 17.4 Å². The molecule has 0 bridgehead atoms. The van der Waals surface area contributed by atoms with E-state index in [0.29, 0.717) is 11.6 Å². The highest BCUT2D eigenvalue weighted by atomic mass is 19.1. The predicted octanol–water partition coefficient (Wildman–Crippen LogP) is 4.05. The van der Waals surface area contributed by atoms with Crippen molar-refractivity contribution in [1.29, 1.82) is 0 Å². The third-order valence-corrected chi connectivity index (χ3v) is 4.35. The lowest BCUT2D eigenvalue weighted by Gasteiger charge is -2.36. The van der Waals surface area contributed by atoms with Crippen LogP contribution in [-0.4, -0.2) is 4.98 Å². The zero-order valence-corrected chi connectivity index (χ0v) is 11.0. The van der Waals surface area contributed by atoms with E-state index in [1.165, 1.54) is 6.07 Å². The number of nitrogens with one attached hydrogen (secondary N) is 1. The average Bonchev–Trinajstić information content (AvgIpc) is 2.97. The number of aromatic nitrogens is 1. The largest absolute Gasteiger partial charge is 0.374 e. The molecule has 1 aromatic heterocycles. The maximum absolute atomic E-state index is 14.1. The van der Waals surface area contributed by atoms with E-state index in [0.717, 1.165) is 17.7 Å². The molecule has 20 heavy (non-hydrogen) atoms. The molecule has 2 heterocycles. The summed E-state index contributed by atoms with van der Waals surface area (Å²) in [5.41, 5.74) is 2.69. The minimum absolute atomic E-state index is 0.0700. The summed E-state index contributed by atoms with van der Waals surface area (Å²) in [6, 6.07) is 11.3. The minimum Gasteiger partial charge on any atom is -0.374 e. The van der Waals surface area contributed by atoms with Gasteiger partial charge in [-0.05, 0) is 36.1 Å². The predicted molar refractivity (Wildman–Crippen MR) is 77.0 cm³/mol. The molecule has 3 atom stereocenters. The molecule has 0 saturated heterocycles. The lowest BCUT2D eigenvalue weighted by atomic mass is 9.78. The topological polar surface area (TPSA) is 24.9 Å². The van der Waals surface area contributed by atoms with Gasteiger partial charge in [-0.25, -0.2) is 4.39 Å². The van der Waals surface area contributed by atoms with Crippen molar-refractivity contribution in [3.05, 3.63) is 71.8 Å². The molecule has 2 aliphatic rings. The van der Waals surface area contributed by atoms with Crippen molar-refractivity contribution in [2.45, 2.75) is 18.4 Å². The molecular formula is C17H15FN2. The van der Waals surface area contributed by atoms with Crippen molar-refractivity contribution in [1.82, 2.24) is 4.98 Å². The first-order valence-electron chi connectivity index (χ1n) is 6.97. The summed E-state index contributed by atoms with van der Waals surface area (Å²) in [5, 5.41) is 3.38. The first-order chi connectivity index (χ1) is 9.84. The molecule has 4 rings (SSSR count). The van der Waals surface area contributed by atoms with Gasteiger partial charge in [-0.3, -0.25) is 4.98 Å². The highest BCUT2D eigenvalue weighted by Gasteiger charge is 2.39. The Morgan fingerprint density at radius 3 is 2.95 bits per heavy atom. The second kappa shape index (κ2) is 4.44. The third-order valence-electron chi connectivity index (χ3n) is 4.35. The summed E-state index contributed by atoms with van der Waals surface area (Å²) < 4.78 is 14.1. The van der Waals surface area contributed by atoms with Gasteiger partial charge in [0.2, 0.25) is 0 Å². The van der Waals surface area contributed by atoms with Crippen molar-refractivity contribution >= 4 is 5.69 Å². The van der Waals surface area contributed by atoms with E-state index < -0.39 is 0 Å². The Morgan fingerprint density at radius 1 is 1.15 bits per heavy atom. The van der Waals surface area contributed by atoms with Crippen LogP contribution < -0.4 is 5.32 Å². The first kappa shape index (κ1) is 11.6. The second-order valence-corrected chi connectivity index (χ2v) is 5.43. The van der Waals surface area contributed by atoms with Crippen LogP contribution in [0.4, 0.5) is 10.1 Å². The summed E-state index contributed by atoms with van der Waals surface area (Å²) in [4.78, 5) is 4.45. The average molecular weight is 266 g/mol. The normalized spacial score (nSPS) is 26.8. The standard InChI is InChI=1S/C17H15FN2/c18-14-8-4-7-12-11-5-3-6-13(11)17(20-16(12)14)15-9-1-2-10-19-15/h1-5,7-11,13,17,20H,6H2/t11-,13-,17+/m1/s1. The van der Waals surface area contributed by atoms with Crippen molar-refractivity contribution in [3.63, 3.8) is 0 Å².